The lowest BCUT2D eigenvalue weighted by molar-refractivity contribution is -0.126. The summed E-state index contributed by atoms with van der Waals surface area (Å²) < 4.78 is 33.5. The van der Waals surface area contributed by atoms with E-state index in [0.717, 1.165) is 42.6 Å². The van der Waals surface area contributed by atoms with Crippen LogP contribution in [-0.2, 0) is 19.6 Å². The van der Waals surface area contributed by atoms with Gasteiger partial charge >= 0.3 is 0 Å². The molecule has 6 nitrogen and oxygen atoms in total. The summed E-state index contributed by atoms with van der Waals surface area (Å²) in [6.07, 6.45) is 3.51. The minimum Gasteiger partial charge on any atom is -0.376 e. The maximum atomic E-state index is 13.2. The largest absolute Gasteiger partial charge is 0.376 e. The van der Waals surface area contributed by atoms with Gasteiger partial charge in [0, 0.05) is 26.2 Å². The topological polar surface area (TPSA) is 75.7 Å². The van der Waals surface area contributed by atoms with Gasteiger partial charge in [-0.1, -0.05) is 17.7 Å². The van der Waals surface area contributed by atoms with Crippen molar-refractivity contribution in [1.82, 2.24) is 9.62 Å². The molecule has 2 heterocycles. The summed E-state index contributed by atoms with van der Waals surface area (Å²) in [5.41, 5.74) is 2.57. The molecule has 27 heavy (non-hydrogen) atoms. The van der Waals surface area contributed by atoms with Crippen molar-refractivity contribution >= 4 is 15.9 Å². The van der Waals surface area contributed by atoms with Crippen molar-refractivity contribution in [2.45, 2.75) is 57.5 Å². The third-order valence-electron chi connectivity index (χ3n) is 5.49. The standard InChI is InChI=1S/C20H30N2O4S/c1-14-10-15(2)19(16(3)11-14)27(24,25)22-8-4-6-17(13-22)20(23)21-12-18-7-5-9-26-18/h10-11,17-18H,4-9,12-13H2,1-3H3,(H,21,23). The molecule has 0 bridgehead atoms. The predicted molar refractivity (Wildman–Crippen MR) is 104 cm³/mol. The van der Waals surface area contributed by atoms with Crippen molar-refractivity contribution < 1.29 is 17.9 Å². The number of carbonyl (C=O) groups excluding carboxylic acids is 1. The Hall–Kier alpha value is -1.44. The normalized spacial score (nSPS) is 24.1. The van der Waals surface area contributed by atoms with Crippen LogP contribution in [0.1, 0.15) is 42.4 Å². The maximum Gasteiger partial charge on any atom is 0.243 e. The van der Waals surface area contributed by atoms with Gasteiger partial charge in [-0.3, -0.25) is 4.79 Å². The van der Waals surface area contributed by atoms with E-state index in [9.17, 15) is 13.2 Å². The summed E-state index contributed by atoms with van der Waals surface area (Å²) >= 11 is 0. The Kier molecular flexibility index (Phi) is 6.23. The molecular formula is C20H30N2O4S. The van der Waals surface area contributed by atoms with E-state index in [4.69, 9.17) is 4.74 Å². The number of piperidine rings is 1. The van der Waals surface area contributed by atoms with E-state index in [1.54, 1.807) is 0 Å². The number of hydrogen-bond donors (Lipinski definition) is 1. The second kappa shape index (κ2) is 8.29. The third kappa shape index (κ3) is 4.52. The minimum absolute atomic E-state index is 0.0669. The molecule has 0 saturated carbocycles. The Morgan fingerprint density at radius 3 is 2.52 bits per heavy atom. The van der Waals surface area contributed by atoms with E-state index in [-0.39, 0.29) is 24.5 Å². The number of benzene rings is 1. The van der Waals surface area contributed by atoms with E-state index in [0.29, 0.717) is 24.4 Å². The minimum atomic E-state index is -3.61. The Morgan fingerprint density at radius 2 is 1.89 bits per heavy atom. The number of rotatable bonds is 5. The predicted octanol–water partition coefficient (Wildman–Crippen LogP) is 2.31. The van der Waals surface area contributed by atoms with Crippen LogP contribution in [0.3, 0.4) is 0 Å². The molecule has 3 rings (SSSR count). The lowest BCUT2D eigenvalue weighted by Gasteiger charge is -2.32. The van der Waals surface area contributed by atoms with Crippen molar-refractivity contribution in [2.75, 3.05) is 26.2 Å². The van der Waals surface area contributed by atoms with Crippen LogP contribution in [0.5, 0.6) is 0 Å². The van der Waals surface area contributed by atoms with Crippen molar-refractivity contribution in [2.24, 2.45) is 5.92 Å². The van der Waals surface area contributed by atoms with Gasteiger partial charge in [0.05, 0.1) is 16.9 Å². The van der Waals surface area contributed by atoms with E-state index in [2.05, 4.69) is 5.32 Å². The van der Waals surface area contributed by atoms with Crippen LogP contribution in [0.2, 0.25) is 0 Å². The number of ether oxygens (including phenoxy) is 1. The highest BCUT2D eigenvalue weighted by Gasteiger charge is 2.35. The van der Waals surface area contributed by atoms with Crippen LogP contribution < -0.4 is 5.32 Å². The molecule has 2 unspecified atom stereocenters. The number of nitrogens with zero attached hydrogens (tertiary/aromatic N) is 1. The number of amides is 1. The first kappa shape index (κ1) is 20.3. The number of aryl methyl sites for hydroxylation is 3. The van der Waals surface area contributed by atoms with Gasteiger partial charge < -0.3 is 10.1 Å². The van der Waals surface area contributed by atoms with Crippen LogP contribution in [-0.4, -0.2) is 51.0 Å². The fourth-order valence-corrected chi connectivity index (χ4v) is 6.18. The SMILES string of the molecule is Cc1cc(C)c(S(=O)(=O)N2CCCC(C(=O)NCC3CCCO3)C2)c(C)c1. The Bertz CT molecular complexity index is 777. The van der Waals surface area contributed by atoms with Gasteiger partial charge in [-0.2, -0.15) is 4.31 Å². The Morgan fingerprint density at radius 1 is 1.19 bits per heavy atom. The monoisotopic (exact) mass is 394 g/mol. The van der Waals surface area contributed by atoms with Crippen LogP contribution in [0, 0.1) is 26.7 Å². The average Bonchev–Trinajstić information content (AvgIpc) is 3.12. The summed E-state index contributed by atoms with van der Waals surface area (Å²) in [6.45, 7) is 7.61. The maximum absolute atomic E-state index is 13.2. The molecule has 0 aromatic heterocycles. The van der Waals surface area contributed by atoms with Crippen LogP contribution in [0.15, 0.2) is 17.0 Å². The molecule has 2 aliphatic heterocycles. The van der Waals surface area contributed by atoms with Gasteiger partial charge in [0.25, 0.3) is 0 Å². The van der Waals surface area contributed by atoms with Crippen molar-refractivity contribution in [3.63, 3.8) is 0 Å². The van der Waals surface area contributed by atoms with Gasteiger partial charge in [0.1, 0.15) is 0 Å². The zero-order valence-electron chi connectivity index (χ0n) is 16.5. The Balaban J connectivity index is 1.70. The molecule has 1 aromatic carbocycles. The number of sulfonamides is 1. The fraction of sp³-hybridized carbons (Fsp3) is 0.650. The smallest absolute Gasteiger partial charge is 0.243 e. The quantitative estimate of drug-likeness (QED) is 0.832. The van der Waals surface area contributed by atoms with Crippen LogP contribution >= 0.6 is 0 Å². The summed E-state index contributed by atoms with van der Waals surface area (Å²) in [7, 11) is -3.61. The van der Waals surface area contributed by atoms with Crippen molar-refractivity contribution in [1.29, 1.82) is 0 Å². The molecule has 2 aliphatic rings. The number of carbonyl (C=O) groups is 1. The molecule has 2 atom stereocenters. The molecule has 7 heteroatoms. The van der Waals surface area contributed by atoms with Gasteiger partial charge in [0.2, 0.25) is 15.9 Å². The van der Waals surface area contributed by atoms with Gasteiger partial charge in [-0.25, -0.2) is 8.42 Å². The highest BCUT2D eigenvalue weighted by molar-refractivity contribution is 7.89. The summed E-state index contributed by atoms with van der Waals surface area (Å²) in [6, 6.07) is 3.80. The van der Waals surface area contributed by atoms with Crippen LogP contribution in [0.25, 0.3) is 0 Å². The lowest BCUT2D eigenvalue weighted by atomic mass is 9.99. The highest BCUT2D eigenvalue weighted by Crippen LogP contribution is 2.29. The third-order valence-corrected chi connectivity index (χ3v) is 7.66. The van der Waals surface area contributed by atoms with Gasteiger partial charge in [-0.05, 0) is 57.6 Å². The lowest BCUT2D eigenvalue weighted by Crippen LogP contribution is -2.46. The zero-order valence-corrected chi connectivity index (χ0v) is 17.3. The van der Waals surface area contributed by atoms with E-state index >= 15 is 0 Å². The van der Waals surface area contributed by atoms with Gasteiger partial charge in [-0.15, -0.1) is 0 Å². The summed E-state index contributed by atoms with van der Waals surface area (Å²) in [5, 5.41) is 2.95. The molecule has 150 valence electrons. The summed E-state index contributed by atoms with van der Waals surface area (Å²) in [4.78, 5) is 12.9. The van der Waals surface area contributed by atoms with Crippen LogP contribution in [0.4, 0.5) is 0 Å². The average molecular weight is 395 g/mol. The van der Waals surface area contributed by atoms with E-state index in [1.165, 1.54) is 4.31 Å². The van der Waals surface area contributed by atoms with Crippen molar-refractivity contribution in [3.05, 3.63) is 28.8 Å². The van der Waals surface area contributed by atoms with E-state index in [1.807, 2.05) is 32.9 Å². The molecule has 1 aromatic rings. The molecule has 2 fully saturated rings. The fourth-order valence-electron chi connectivity index (χ4n) is 4.24. The first-order valence-corrected chi connectivity index (χ1v) is 11.2. The number of hydrogen-bond acceptors (Lipinski definition) is 4. The molecule has 0 aliphatic carbocycles. The zero-order chi connectivity index (χ0) is 19.6. The Labute approximate surface area is 162 Å². The first-order valence-electron chi connectivity index (χ1n) is 9.76. The molecule has 0 radical (unpaired) electrons. The van der Waals surface area contributed by atoms with Crippen molar-refractivity contribution in [3.8, 4) is 0 Å². The van der Waals surface area contributed by atoms with E-state index < -0.39 is 10.0 Å². The first-order chi connectivity index (χ1) is 12.8. The highest BCUT2D eigenvalue weighted by atomic mass is 32.2. The van der Waals surface area contributed by atoms with Gasteiger partial charge in [0.15, 0.2) is 0 Å². The molecular weight excluding hydrogens is 364 g/mol. The molecule has 2 saturated heterocycles. The molecule has 1 N–H and O–H groups in total. The number of nitrogens with one attached hydrogen (secondary N) is 1. The molecule has 1 amide bonds. The summed E-state index contributed by atoms with van der Waals surface area (Å²) in [5.74, 6) is -0.372. The molecule has 0 spiro atoms. The second-order valence-electron chi connectivity index (χ2n) is 7.81. The second-order valence-corrected chi connectivity index (χ2v) is 9.69.